The predicted molar refractivity (Wildman–Crippen MR) is 109 cm³/mol. The number of unbranched alkanes of at least 4 members (excludes halogenated alkanes) is 10. The van der Waals surface area contributed by atoms with E-state index in [0.717, 1.165) is 12.8 Å². The second kappa shape index (κ2) is 18.2. The van der Waals surface area contributed by atoms with Crippen molar-refractivity contribution in [1.82, 2.24) is 4.90 Å². The smallest absolute Gasteiger partial charge is 0.303 e. The van der Waals surface area contributed by atoms with Gasteiger partial charge in [0.05, 0.1) is 0 Å². The molecule has 0 spiro atoms. The maximum atomic E-state index is 10.7. The van der Waals surface area contributed by atoms with Crippen molar-refractivity contribution < 1.29 is 9.90 Å². The predicted octanol–water partition coefficient (Wildman–Crippen LogP) is 6.65. The van der Waals surface area contributed by atoms with Gasteiger partial charge in [0.15, 0.2) is 0 Å². The number of hydrogen-bond acceptors (Lipinski definition) is 2. The van der Waals surface area contributed by atoms with E-state index in [1.54, 1.807) is 0 Å². The molecule has 150 valence electrons. The summed E-state index contributed by atoms with van der Waals surface area (Å²) in [6.07, 6.45) is 18.2. The second-order valence-electron chi connectivity index (χ2n) is 7.71. The first-order valence-corrected chi connectivity index (χ1v) is 11.1. The summed E-state index contributed by atoms with van der Waals surface area (Å²) in [7, 11) is 0. The quantitative estimate of drug-likeness (QED) is 0.264. The zero-order valence-electron chi connectivity index (χ0n) is 17.4. The van der Waals surface area contributed by atoms with Gasteiger partial charge in [-0.2, -0.15) is 0 Å². The minimum atomic E-state index is -0.661. The van der Waals surface area contributed by atoms with Crippen molar-refractivity contribution in [3.63, 3.8) is 0 Å². The monoisotopic (exact) mass is 355 g/mol. The Morgan fingerprint density at radius 2 is 1.20 bits per heavy atom. The lowest BCUT2D eigenvalue weighted by molar-refractivity contribution is -0.137. The molecule has 0 aliphatic rings. The molecule has 0 aliphatic heterocycles. The summed E-state index contributed by atoms with van der Waals surface area (Å²) < 4.78 is 0. The first-order valence-electron chi connectivity index (χ1n) is 11.1. The Morgan fingerprint density at radius 1 is 0.760 bits per heavy atom. The molecule has 0 amide bonds. The van der Waals surface area contributed by atoms with Crippen molar-refractivity contribution in [3.8, 4) is 0 Å². The number of carboxylic acid groups (broad SMARTS) is 1. The summed E-state index contributed by atoms with van der Waals surface area (Å²) in [5, 5.41) is 8.84. The summed E-state index contributed by atoms with van der Waals surface area (Å²) in [6.45, 7) is 9.20. The number of aliphatic carboxylic acids is 1. The normalized spacial score (nSPS) is 12.6. The highest BCUT2D eigenvalue weighted by molar-refractivity contribution is 5.66. The van der Waals surface area contributed by atoms with E-state index in [9.17, 15) is 4.79 Å². The molecular weight excluding hydrogens is 310 g/mol. The molecule has 0 fully saturated rings. The third-order valence-electron chi connectivity index (χ3n) is 5.23. The summed E-state index contributed by atoms with van der Waals surface area (Å²) >= 11 is 0. The van der Waals surface area contributed by atoms with Gasteiger partial charge in [0.25, 0.3) is 0 Å². The minimum absolute atomic E-state index is 0.312. The van der Waals surface area contributed by atoms with Crippen LogP contribution in [0.3, 0.4) is 0 Å². The third-order valence-corrected chi connectivity index (χ3v) is 5.23. The van der Waals surface area contributed by atoms with Crippen LogP contribution < -0.4 is 0 Å². The van der Waals surface area contributed by atoms with Gasteiger partial charge in [0.1, 0.15) is 0 Å². The van der Waals surface area contributed by atoms with E-state index in [0.29, 0.717) is 12.5 Å². The fraction of sp³-hybridized carbons (Fsp3) is 0.955. The number of hydrogen-bond donors (Lipinski definition) is 1. The van der Waals surface area contributed by atoms with E-state index in [1.807, 2.05) is 0 Å². The molecule has 25 heavy (non-hydrogen) atoms. The Labute approximate surface area is 157 Å². The van der Waals surface area contributed by atoms with E-state index in [1.165, 1.54) is 90.1 Å². The van der Waals surface area contributed by atoms with Crippen LogP contribution in [-0.2, 0) is 4.79 Å². The molecule has 0 bridgehead atoms. The van der Waals surface area contributed by atoms with E-state index in [4.69, 9.17) is 5.11 Å². The van der Waals surface area contributed by atoms with Gasteiger partial charge in [0.2, 0.25) is 0 Å². The lowest BCUT2D eigenvalue weighted by Crippen LogP contribution is -2.35. The molecule has 0 aromatic heterocycles. The van der Waals surface area contributed by atoms with Gasteiger partial charge in [-0.3, -0.25) is 4.79 Å². The van der Waals surface area contributed by atoms with Crippen LogP contribution in [0.5, 0.6) is 0 Å². The van der Waals surface area contributed by atoms with Gasteiger partial charge < -0.3 is 10.0 Å². The van der Waals surface area contributed by atoms with Gasteiger partial charge in [-0.1, -0.05) is 78.1 Å². The average Bonchev–Trinajstić information content (AvgIpc) is 2.58. The van der Waals surface area contributed by atoms with Crippen LogP contribution >= 0.6 is 0 Å². The van der Waals surface area contributed by atoms with Crippen LogP contribution in [0.15, 0.2) is 0 Å². The fourth-order valence-electron chi connectivity index (χ4n) is 3.47. The van der Waals surface area contributed by atoms with Gasteiger partial charge in [-0.25, -0.2) is 0 Å². The molecule has 0 saturated heterocycles. The van der Waals surface area contributed by atoms with Crippen molar-refractivity contribution in [1.29, 1.82) is 0 Å². The number of rotatable bonds is 19. The molecule has 0 aromatic rings. The van der Waals surface area contributed by atoms with Crippen molar-refractivity contribution in [2.24, 2.45) is 0 Å². The SMILES string of the molecule is CCCCCCCCN(CCCCCCCC)C(C)CCCC(=O)O. The van der Waals surface area contributed by atoms with E-state index in [-0.39, 0.29) is 0 Å². The Bertz CT molecular complexity index is 278. The Hall–Kier alpha value is -0.570. The molecule has 1 unspecified atom stereocenters. The highest BCUT2D eigenvalue weighted by Gasteiger charge is 2.13. The molecule has 0 aromatic carbocycles. The lowest BCUT2D eigenvalue weighted by atomic mass is 10.1. The highest BCUT2D eigenvalue weighted by atomic mass is 16.4. The molecule has 0 heterocycles. The Kier molecular flexibility index (Phi) is 17.8. The Morgan fingerprint density at radius 3 is 1.64 bits per heavy atom. The molecule has 0 radical (unpaired) electrons. The van der Waals surface area contributed by atoms with Crippen LogP contribution in [0.2, 0.25) is 0 Å². The maximum absolute atomic E-state index is 10.7. The molecule has 0 aliphatic carbocycles. The summed E-state index contributed by atoms with van der Waals surface area (Å²) in [5.41, 5.74) is 0. The molecule has 1 N–H and O–H groups in total. The van der Waals surface area contributed by atoms with Crippen LogP contribution in [0.1, 0.15) is 117 Å². The Balaban J connectivity index is 4.04. The first kappa shape index (κ1) is 24.4. The number of carboxylic acids is 1. The minimum Gasteiger partial charge on any atom is -0.481 e. The van der Waals surface area contributed by atoms with Gasteiger partial charge in [-0.15, -0.1) is 0 Å². The highest BCUT2D eigenvalue weighted by Crippen LogP contribution is 2.14. The molecule has 0 rings (SSSR count). The number of nitrogens with zero attached hydrogens (tertiary/aromatic N) is 1. The summed E-state index contributed by atoms with van der Waals surface area (Å²) in [6, 6.07) is 0.519. The standard InChI is InChI=1S/C22H45NO2/c1-4-6-8-10-12-14-19-23(20-15-13-11-9-7-5-2)21(3)17-16-18-22(24)25/h21H,4-20H2,1-3H3,(H,24,25). The molecular formula is C22H45NO2. The van der Waals surface area contributed by atoms with Gasteiger partial charge in [0, 0.05) is 12.5 Å². The molecule has 1 atom stereocenters. The molecule has 0 saturated carbocycles. The lowest BCUT2D eigenvalue weighted by Gasteiger charge is -2.29. The van der Waals surface area contributed by atoms with E-state index < -0.39 is 5.97 Å². The topological polar surface area (TPSA) is 40.5 Å². The zero-order chi connectivity index (χ0) is 18.8. The first-order chi connectivity index (χ1) is 12.1. The number of carbonyl (C=O) groups is 1. The van der Waals surface area contributed by atoms with Gasteiger partial charge in [-0.05, 0) is 45.7 Å². The van der Waals surface area contributed by atoms with Crippen LogP contribution in [0.4, 0.5) is 0 Å². The van der Waals surface area contributed by atoms with Crippen molar-refractivity contribution in [3.05, 3.63) is 0 Å². The summed E-state index contributed by atoms with van der Waals surface area (Å²) in [5.74, 6) is -0.661. The second-order valence-corrected chi connectivity index (χ2v) is 7.71. The van der Waals surface area contributed by atoms with Crippen molar-refractivity contribution in [2.45, 2.75) is 123 Å². The average molecular weight is 356 g/mol. The summed E-state index contributed by atoms with van der Waals surface area (Å²) in [4.78, 5) is 13.4. The van der Waals surface area contributed by atoms with Crippen molar-refractivity contribution >= 4 is 5.97 Å². The fourth-order valence-corrected chi connectivity index (χ4v) is 3.47. The van der Waals surface area contributed by atoms with Crippen LogP contribution in [0.25, 0.3) is 0 Å². The third kappa shape index (κ3) is 16.6. The van der Waals surface area contributed by atoms with Gasteiger partial charge >= 0.3 is 5.97 Å². The van der Waals surface area contributed by atoms with Crippen LogP contribution in [0, 0.1) is 0 Å². The zero-order valence-corrected chi connectivity index (χ0v) is 17.4. The maximum Gasteiger partial charge on any atom is 0.303 e. The van der Waals surface area contributed by atoms with E-state index >= 15 is 0 Å². The largest absolute Gasteiger partial charge is 0.481 e. The van der Waals surface area contributed by atoms with Crippen LogP contribution in [-0.4, -0.2) is 35.1 Å². The van der Waals surface area contributed by atoms with Crippen molar-refractivity contribution in [2.75, 3.05) is 13.1 Å². The molecule has 3 heteroatoms. The molecule has 3 nitrogen and oxygen atoms in total. The van der Waals surface area contributed by atoms with E-state index in [2.05, 4.69) is 25.7 Å².